The summed E-state index contributed by atoms with van der Waals surface area (Å²) in [5.41, 5.74) is -0.935. The van der Waals surface area contributed by atoms with Gasteiger partial charge in [-0.15, -0.1) is 5.10 Å². The molecular weight excluding hydrogens is 403 g/mol. The van der Waals surface area contributed by atoms with E-state index in [0.717, 1.165) is 10.6 Å². The van der Waals surface area contributed by atoms with Crippen molar-refractivity contribution in [3.8, 4) is 17.2 Å². The Kier molecular flexibility index (Phi) is 5.45. The lowest BCUT2D eigenvalue weighted by atomic mass is 10.2. The van der Waals surface area contributed by atoms with Gasteiger partial charge in [-0.25, -0.2) is 0 Å². The molecule has 2 aromatic heterocycles. The minimum atomic E-state index is -3.02. The Labute approximate surface area is 160 Å². The number of nitrogens with zero attached hydrogens (tertiary/aromatic N) is 3. The number of ether oxygens (including phenoxy) is 1. The Balaban J connectivity index is 2.06. The molecule has 0 saturated heterocycles. The van der Waals surface area contributed by atoms with Gasteiger partial charge in [0, 0.05) is 26.4 Å². The zero-order valence-corrected chi connectivity index (χ0v) is 15.2. The van der Waals surface area contributed by atoms with Crippen LogP contribution in [-0.2, 0) is 7.05 Å². The number of aryl methyl sites for hydroxylation is 1. The second-order valence-electron chi connectivity index (χ2n) is 5.46. The van der Waals surface area contributed by atoms with E-state index in [2.05, 4.69) is 25.6 Å². The molecule has 1 aromatic carbocycles. The van der Waals surface area contributed by atoms with E-state index < -0.39 is 18.0 Å². The Bertz CT molecular complexity index is 1070. The van der Waals surface area contributed by atoms with Crippen LogP contribution in [0.4, 0.5) is 30.6 Å². The molecule has 0 bridgehead atoms. The van der Waals surface area contributed by atoms with Crippen molar-refractivity contribution in [1.29, 1.82) is 0 Å². The lowest BCUT2D eigenvalue weighted by molar-refractivity contribution is -0.0498. The molecule has 0 saturated carbocycles. The lowest BCUT2D eigenvalue weighted by Gasteiger charge is -2.14. The zero-order chi connectivity index (χ0) is 20.4. The highest BCUT2D eigenvalue weighted by atomic mass is 35.5. The van der Waals surface area contributed by atoms with Gasteiger partial charge in [0.05, 0.1) is 22.0 Å². The molecule has 28 heavy (non-hydrogen) atoms. The maximum Gasteiger partial charge on any atom is 0.387 e. The zero-order valence-electron chi connectivity index (χ0n) is 14.5. The van der Waals surface area contributed by atoms with E-state index in [0.29, 0.717) is 0 Å². The standard InChI is InChI=1S/C16H13ClF3N5O3/c1-21-16-24-23-13(28-16)8-6-25(2)14(26)11(18)12(8)22-10-4-3-7(5-9(10)17)27-15(19)20/h3-6,15,22H,1-2H3,(H,21,24). The normalized spacial score (nSPS) is 11.0. The fraction of sp³-hybridized carbons (Fsp3) is 0.188. The molecule has 0 aliphatic carbocycles. The summed E-state index contributed by atoms with van der Waals surface area (Å²) in [5, 5.41) is 12.8. The maximum absolute atomic E-state index is 14.7. The van der Waals surface area contributed by atoms with Crippen LogP contribution in [0.3, 0.4) is 0 Å². The van der Waals surface area contributed by atoms with E-state index in [4.69, 9.17) is 16.0 Å². The quantitative estimate of drug-likeness (QED) is 0.635. The molecule has 3 rings (SSSR count). The summed E-state index contributed by atoms with van der Waals surface area (Å²) in [4.78, 5) is 12.0. The highest BCUT2D eigenvalue weighted by Crippen LogP contribution is 2.35. The molecule has 0 aliphatic rings. The van der Waals surface area contributed by atoms with Crippen LogP contribution >= 0.6 is 11.6 Å². The number of rotatable bonds is 6. The van der Waals surface area contributed by atoms with Crippen LogP contribution in [0, 0.1) is 5.82 Å². The van der Waals surface area contributed by atoms with E-state index in [-0.39, 0.29) is 39.6 Å². The highest BCUT2D eigenvalue weighted by Gasteiger charge is 2.21. The molecule has 3 aromatic rings. The van der Waals surface area contributed by atoms with Crippen LogP contribution in [0.25, 0.3) is 11.5 Å². The Morgan fingerprint density at radius 3 is 2.68 bits per heavy atom. The first kappa shape index (κ1) is 19.5. The van der Waals surface area contributed by atoms with Gasteiger partial charge in [0.1, 0.15) is 5.75 Å². The van der Waals surface area contributed by atoms with E-state index in [1.807, 2.05) is 0 Å². The summed E-state index contributed by atoms with van der Waals surface area (Å²) >= 11 is 6.06. The lowest BCUT2D eigenvalue weighted by Crippen LogP contribution is -2.22. The molecular formula is C16H13ClF3N5O3. The molecule has 8 nitrogen and oxygen atoms in total. The molecule has 0 amide bonds. The van der Waals surface area contributed by atoms with E-state index in [9.17, 15) is 18.0 Å². The van der Waals surface area contributed by atoms with Crippen molar-refractivity contribution < 1.29 is 22.3 Å². The number of hydrogen-bond acceptors (Lipinski definition) is 7. The van der Waals surface area contributed by atoms with Crippen LogP contribution in [0.2, 0.25) is 5.02 Å². The van der Waals surface area contributed by atoms with Crippen LogP contribution < -0.4 is 20.9 Å². The monoisotopic (exact) mass is 415 g/mol. The van der Waals surface area contributed by atoms with Crippen LogP contribution in [0.1, 0.15) is 0 Å². The molecule has 0 radical (unpaired) electrons. The fourth-order valence-corrected chi connectivity index (χ4v) is 2.54. The summed E-state index contributed by atoms with van der Waals surface area (Å²) in [6.45, 7) is -3.02. The fourth-order valence-electron chi connectivity index (χ4n) is 2.32. The van der Waals surface area contributed by atoms with E-state index in [1.54, 1.807) is 7.05 Å². The molecule has 0 unspecified atom stereocenters. The average Bonchev–Trinajstić information content (AvgIpc) is 3.12. The number of anilines is 3. The van der Waals surface area contributed by atoms with Gasteiger partial charge in [-0.1, -0.05) is 16.7 Å². The van der Waals surface area contributed by atoms with Crippen molar-refractivity contribution in [1.82, 2.24) is 14.8 Å². The molecule has 0 atom stereocenters. The summed E-state index contributed by atoms with van der Waals surface area (Å²) in [6.07, 6.45) is 1.31. The van der Waals surface area contributed by atoms with Gasteiger partial charge in [0.15, 0.2) is 0 Å². The highest BCUT2D eigenvalue weighted by molar-refractivity contribution is 6.33. The molecule has 148 valence electrons. The molecule has 0 fully saturated rings. The topological polar surface area (TPSA) is 94.2 Å². The maximum atomic E-state index is 14.7. The first-order valence-corrected chi connectivity index (χ1v) is 8.10. The Morgan fingerprint density at radius 2 is 2.07 bits per heavy atom. The SMILES string of the molecule is CNc1nnc(-c2cn(C)c(=O)c(F)c2Nc2ccc(OC(F)F)cc2Cl)o1. The van der Waals surface area contributed by atoms with Gasteiger partial charge >= 0.3 is 12.6 Å². The second-order valence-corrected chi connectivity index (χ2v) is 5.86. The van der Waals surface area contributed by atoms with Crippen LogP contribution in [0.15, 0.2) is 33.6 Å². The minimum Gasteiger partial charge on any atom is -0.435 e. The third-order valence-corrected chi connectivity index (χ3v) is 3.93. The average molecular weight is 416 g/mol. The van der Waals surface area contributed by atoms with Crippen molar-refractivity contribution in [3.05, 3.63) is 45.6 Å². The van der Waals surface area contributed by atoms with E-state index in [1.165, 1.54) is 25.4 Å². The molecule has 0 aliphatic heterocycles. The summed E-state index contributed by atoms with van der Waals surface area (Å²) in [7, 11) is 2.91. The minimum absolute atomic E-state index is 0.0365. The largest absolute Gasteiger partial charge is 0.435 e. The summed E-state index contributed by atoms with van der Waals surface area (Å²) in [6, 6.07) is 3.72. The van der Waals surface area contributed by atoms with Gasteiger partial charge in [0.25, 0.3) is 11.4 Å². The number of aromatic nitrogens is 3. The van der Waals surface area contributed by atoms with Gasteiger partial charge in [0.2, 0.25) is 5.82 Å². The third-order valence-electron chi connectivity index (χ3n) is 3.61. The first-order valence-electron chi connectivity index (χ1n) is 7.72. The molecule has 2 heterocycles. The summed E-state index contributed by atoms with van der Waals surface area (Å²) in [5.74, 6) is -1.35. The van der Waals surface area contributed by atoms with Crippen molar-refractivity contribution in [3.63, 3.8) is 0 Å². The first-order chi connectivity index (χ1) is 13.3. The predicted molar refractivity (Wildman–Crippen MR) is 95.8 cm³/mol. The van der Waals surface area contributed by atoms with E-state index >= 15 is 0 Å². The second kappa shape index (κ2) is 7.80. The van der Waals surface area contributed by atoms with Crippen molar-refractivity contribution in [2.45, 2.75) is 6.61 Å². The molecule has 12 heteroatoms. The molecule has 2 N–H and O–H groups in total. The number of benzene rings is 1. The number of alkyl halides is 2. The molecule has 0 spiro atoms. The number of pyridine rings is 1. The van der Waals surface area contributed by atoms with Crippen molar-refractivity contribution >= 4 is 29.0 Å². The number of halogens is 4. The number of hydrogen-bond donors (Lipinski definition) is 2. The van der Waals surface area contributed by atoms with Gasteiger partial charge in [-0.2, -0.15) is 13.2 Å². The predicted octanol–water partition coefficient (Wildman–Crippen LogP) is 3.61. The third kappa shape index (κ3) is 3.88. The van der Waals surface area contributed by atoms with Gasteiger partial charge < -0.3 is 24.4 Å². The van der Waals surface area contributed by atoms with Crippen LogP contribution in [0.5, 0.6) is 5.75 Å². The van der Waals surface area contributed by atoms with Crippen LogP contribution in [-0.4, -0.2) is 28.4 Å². The Hall–Kier alpha value is -3.21. The smallest absolute Gasteiger partial charge is 0.387 e. The van der Waals surface area contributed by atoms with Crippen molar-refractivity contribution in [2.75, 3.05) is 17.7 Å². The van der Waals surface area contributed by atoms with Gasteiger partial charge in [-0.05, 0) is 12.1 Å². The van der Waals surface area contributed by atoms with Gasteiger partial charge in [-0.3, -0.25) is 4.79 Å². The number of nitrogens with one attached hydrogen (secondary N) is 2. The summed E-state index contributed by atoms with van der Waals surface area (Å²) < 4.78 is 49.9. The van der Waals surface area contributed by atoms with Crippen molar-refractivity contribution in [2.24, 2.45) is 7.05 Å². The Morgan fingerprint density at radius 1 is 1.32 bits per heavy atom.